The van der Waals surface area contributed by atoms with E-state index in [-0.39, 0.29) is 6.71 Å². The largest absolute Gasteiger partial charge is 0.458 e. The van der Waals surface area contributed by atoms with Crippen LogP contribution < -0.4 is 30.6 Å². The Bertz CT molecular complexity index is 1150. The molecule has 0 aromatic heterocycles. The second kappa shape index (κ2) is 4.85. The maximum absolute atomic E-state index is 9.38. The van der Waals surface area contributed by atoms with Crippen molar-refractivity contribution in [1.29, 1.82) is 15.8 Å². The highest BCUT2D eigenvalue weighted by atomic mass is 16.5. The van der Waals surface area contributed by atoms with E-state index in [1.165, 1.54) is 0 Å². The van der Waals surface area contributed by atoms with Crippen LogP contribution in [0.1, 0.15) is 16.7 Å². The van der Waals surface area contributed by atoms with Crippen LogP contribution in [-0.2, 0) is 0 Å². The Kier molecular flexibility index (Phi) is 2.55. The maximum atomic E-state index is 9.38. The molecule has 0 unspecified atom stereocenters. The van der Waals surface area contributed by atoms with Gasteiger partial charge in [0, 0.05) is 16.4 Å². The summed E-state index contributed by atoms with van der Waals surface area (Å²) in [6.45, 7) is -0.218. The fourth-order valence-electron chi connectivity index (χ4n) is 4.15. The second-order valence-electron chi connectivity index (χ2n) is 6.73. The van der Waals surface area contributed by atoms with Crippen molar-refractivity contribution in [2.45, 2.75) is 0 Å². The lowest BCUT2D eigenvalue weighted by atomic mass is 9.34. The van der Waals surface area contributed by atoms with Gasteiger partial charge in [-0.1, -0.05) is 0 Å². The molecule has 0 bridgehead atoms. The number of hydrogen-bond acceptors (Lipinski definition) is 6. The molecule has 6 rings (SSSR count). The summed E-state index contributed by atoms with van der Waals surface area (Å²) in [5.74, 6) is 3.14. The first-order chi connectivity index (χ1) is 13.7. The zero-order valence-corrected chi connectivity index (χ0v) is 14.1. The third-order valence-electron chi connectivity index (χ3n) is 5.23. The van der Waals surface area contributed by atoms with E-state index >= 15 is 0 Å². The van der Waals surface area contributed by atoms with Gasteiger partial charge in [0.25, 0.3) is 6.71 Å². The summed E-state index contributed by atoms with van der Waals surface area (Å²) in [6.07, 6.45) is 0. The van der Waals surface area contributed by atoms with Crippen LogP contribution in [0.2, 0.25) is 0 Å². The van der Waals surface area contributed by atoms with Crippen LogP contribution in [0.15, 0.2) is 36.4 Å². The average molecular weight is 359 g/mol. The van der Waals surface area contributed by atoms with Gasteiger partial charge in [0.15, 0.2) is 0 Å². The first-order valence-electron chi connectivity index (χ1n) is 8.48. The van der Waals surface area contributed by atoms with Gasteiger partial charge in [0.1, 0.15) is 34.5 Å². The first-order valence-corrected chi connectivity index (χ1v) is 8.48. The molecule has 0 aliphatic carbocycles. The number of ether oxygens (including phenoxy) is 3. The Morgan fingerprint density at radius 2 is 0.750 bits per heavy atom. The van der Waals surface area contributed by atoms with Gasteiger partial charge < -0.3 is 14.2 Å². The molecule has 0 saturated heterocycles. The van der Waals surface area contributed by atoms with Crippen LogP contribution in [0.3, 0.4) is 0 Å². The zero-order chi connectivity index (χ0) is 19.0. The van der Waals surface area contributed by atoms with Gasteiger partial charge in [-0.25, -0.2) is 0 Å². The summed E-state index contributed by atoms with van der Waals surface area (Å²) >= 11 is 0. The van der Waals surface area contributed by atoms with E-state index in [0.29, 0.717) is 51.2 Å². The van der Waals surface area contributed by atoms with Crippen molar-refractivity contribution < 1.29 is 14.2 Å². The Morgan fingerprint density at radius 1 is 0.500 bits per heavy atom. The molecule has 0 spiro atoms. The monoisotopic (exact) mass is 359 g/mol. The highest BCUT2D eigenvalue weighted by molar-refractivity contribution is 6.99. The van der Waals surface area contributed by atoms with Crippen molar-refractivity contribution in [3.8, 4) is 52.7 Å². The maximum Gasteiger partial charge on any atom is 0.270 e. The smallest absolute Gasteiger partial charge is 0.270 e. The van der Waals surface area contributed by atoms with Gasteiger partial charge in [-0.15, -0.1) is 0 Å². The number of hydrogen-bond donors (Lipinski definition) is 0. The highest BCUT2D eigenvalue weighted by Crippen LogP contribution is 2.42. The number of nitrogens with zero attached hydrogens (tertiary/aromatic N) is 3. The Labute approximate surface area is 159 Å². The molecule has 0 fully saturated rings. The lowest BCUT2D eigenvalue weighted by Crippen LogP contribution is -2.59. The van der Waals surface area contributed by atoms with Gasteiger partial charge in [0.2, 0.25) is 0 Å². The van der Waals surface area contributed by atoms with Crippen LogP contribution in [0, 0.1) is 34.0 Å². The van der Waals surface area contributed by atoms with Crippen LogP contribution in [0.5, 0.6) is 34.5 Å². The summed E-state index contributed by atoms with van der Waals surface area (Å²) in [5, 5.41) is 28.2. The van der Waals surface area contributed by atoms with E-state index in [1.807, 2.05) is 0 Å². The summed E-state index contributed by atoms with van der Waals surface area (Å²) < 4.78 is 18.2. The standard InChI is InChI=1S/C21H6BN3O3/c23-7-10-1-13-19-14(2-10)27-17-5-12(9-25)6-18-21(17)22(19)20-15(26-13)3-11(8-24)4-16(20)28-18/h1-6H. The van der Waals surface area contributed by atoms with Gasteiger partial charge in [0.05, 0.1) is 34.9 Å². The van der Waals surface area contributed by atoms with E-state index in [2.05, 4.69) is 18.2 Å². The van der Waals surface area contributed by atoms with Crippen molar-refractivity contribution in [1.82, 2.24) is 0 Å². The van der Waals surface area contributed by atoms with Crippen molar-refractivity contribution in [3.63, 3.8) is 0 Å². The third kappa shape index (κ3) is 1.69. The Morgan fingerprint density at radius 3 is 0.964 bits per heavy atom. The predicted molar refractivity (Wildman–Crippen MR) is 98.3 cm³/mol. The molecular weight excluding hydrogens is 353 g/mol. The van der Waals surface area contributed by atoms with Crippen molar-refractivity contribution >= 4 is 23.1 Å². The molecule has 3 aliphatic rings. The van der Waals surface area contributed by atoms with E-state index in [4.69, 9.17) is 14.2 Å². The minimum Gasteiger partial charge on any atom is -0.458 e. The van der Waals surface area contributed by atoms with E-state index in [9.17, 15) is 15.8 Å². The lowest BCUT2D eigenvalue weighted by Gasteiger charge is -2.37. The van der Waals surface area contributed by atoms with Crippen LogP contribution in [0.25, 0.3) is 0 Å². The minimum absolute atomic E-state index is 0.218. The summed E-state index contributed by atoms with van der Waals surface area (Å²) in [7, 11) is 0. The number of nitriles is 3. The van der Waals surface area contributed by atoms with Crippen molar-refractivity contribution in [2.24, 2.45) is 0 Å². The molecule has 3 aromatic carbocycles. The summed E-state index contributed by atoms with van der Waals surface area (Å²) in [4.78, 5) is 0. The Balaban J connectivity index is 1.75. The molecule has 3 aliphatic heterocycles. The second-order valence-corrected chi connectivity index (χ2v) is 6.73. The third-order valence-corrected chi connectivity index (χ3v) is 5.23. The van der Waals surface area contributed by atoms with Gasteiger partial charge in [-0.3, -0.25) is 0 Å². The fraction of sp³-hybridized carbons (Fsp3) is 0. The average Bonchev–Trinajstić information content (AvgIpc) is 2.72. The lowest BCUT2D eigenvalue weighted by molar-refractivity contribution is 0.442. The van der Waals surface area contributed by atoms with E-state index < -0.39 is 0 Å². The van der Waals surface area contributed by atoms with Crippen molar-refractivity contribution in [2.75, 3.05) is 0 Å². The molecule has 126 valence electrons. The van der Waals surface area contributed by atoms with Gasteiger partial charge in [-0.05, 0) is 36.4 Å². The van der Waals surface area contributed by atoms with Crippen LogP contribution >= 0.6 is 0 Å². The molecule has 7 heteroatoms. The summed E-state index contributed by atoms with van der Waals surface area (Å²) in [5.41, 5.74) is 3.67. The molecule has 3 heterocycles. The quantitative estimate of drug-likeness (QED) is 0.385. The number of rotatable bonds is 0. The van der Waals surface area contributed by atoms with Gasteiger partial charge in [-0.2, -0.15) is 15.8 Å². The highest BCUT2D eigenvalue weighted by Gasteiger charge is 2.47. The molecule has 0 saturated carbocycles. The van der Waals surface area contributed by atoms with Gasteiger partial charge >= 0.3 is 0 Å². The Hall–Kier alpha value is -4.41. The molecule has 6 nitrogen and oxygen atoms in total. The zero-order valence-electron chi connectivity index (χ0n) is 14.1. The summed E-state index contributed by atoms with van der Waals surface area (Å²) in [6, 6.07) is 16.4. The normalized spacial score (nSPS) is 13.0. The minimum atomic E-state index is -0.218. The van der Waals surface area contributed by atoms with E-state index in [0.717, 1.165) is 16.4 Å². The topological polar surface area (TPSA) is 99.1 Å². The van der Waals surface area contributed by atoms with E-state index in [1.54, 1.807) is 36.4 Å². The SMILES string of the molecule is N#Cc1cc2c3c(c1)Oc1cc(C#N)cc4c1B3c1c(cc(C#N)cc1O4)O2. The predicted octanol–water partition coefficient (Wildman–Crippen LogP) is 2.13. The first kappa shape index (κ1) is 14.7. The molecule has 3 aromatic rings. The molecule has 0 atom stereocenters. The van der Waals surface area contributed by atoms with Crippen molar-refractivity contribution in [3.05, 3.63) is 53.1 Å². The molecular formula is C21H6BN3O3. The van der Waals surface area contributed by atoms with Crippen LogP contribution in [0.4, 0.5) is 0 Å². The molecule has 28 heavy (non-hydrogen) atoms. The fourth-order valence-corrected chi connectivity index (χ4v) is 4.15. The molecule has 0 amide bonds. The van der Waals surface area contributed by atoms with Crippen LogP contribution in [-0.4, -0.2) is 6.71 Å². The number of benzene rings is 3. The molecule has 0 N–H and O–H groups in total. The molecule has 0 radical (unpaired) electrons.